The SMILES string of the molecule is CCOC(=O)COc1nc(Oc2cccc(C(=O)N(C)C)c2)nc(Oc2cc(C#N)cc(Oc3ccccc3)c2)c1[N+](=O)[O-]. The first kappa shape index (κ1) is 30.7. The van der Waals surface area contributed by atoms with Crippen LogP contribution < -0.4 is 18.9 Å². The van der Waals surface area contributed by atoms with Crippen molar-refractivity contribution in [3.63, 3.8) is 0 Å². The van der Waals surface area contributed by atoms with Gasteiger partial charge in [-0.25, -0.2) is 4.79 Å². The number of para-hydroxylation sites is 1. The zero-order chi connectivity index (χ0) is 31.6. The van der Waals surface area contributed by atoms with Gasteiger partial charge in [-0.05, 0) is 49.4 Å². The third-order valence-electron chi connectivity index (χ3n) is 5.51. The summed E-state index contributed by atoms with van der Waals surface area (Å²) in [6.45, 7) is 0.932. The van der Waals surface area contributed by atoms with Gasteiger partial charge >= 0.3 is 29.4 Å². The molecule has 0 saturated heterocycles. The number of carbonyl (C=O) groups excluding carboxylic acids is 2. The first-order chi connectivity index (χ1) is 21.2. The van der Waals surface area contributed by atoms with Crippen molar-refractivity contribution in [2.45, 2.75) is 6.92 Å². The average Bonchev–Trinajstić information content (AvgIpc) is 3.00. The van der Waals surface area contributed by atoms with Crippen LogP contribution in [0.25, 0.3) is 0 Å². The maximum absolute atomic E-state index is 12.4. The Labute approximate surface area is 251 Å². The Bertz CT molecular complexity index is 1720. The van der Waals surface area contributed by atoms with E-state index in [4.69, 9.17) is 23.7 Å². The molecular weight excluding hydrogens is 574 g/mol. The van der Waals surface area contributed by atoms with Crippen LogP contribution in [0.5, 0.6) is 40.8 Å². The van der Waals surface area contributed by atoms with E-state index in [2.05, 4.69) is 9.97 Å². The second kappa shape index (κ2) is 14.1. The normalized spacial score (nSPS) is 10.2. The highest BCUT2D eigenvalue weighted by molar-refractivity contribution is 5.94. The topological polar surface area (TPSA) is 176 Å². The van der Waals surface area contributed by atoms with E-state index >= 15 is 0 Å². The van der Waals surface area contributed by atoms with Gasteiger partial charge in [0.15, 0.2) is 6.61 Å². The lowest BCUT2D eigenvalue weighted by Gasteiger charge is -2.13. The number of esters is 1. The lowest BCUT2D eigenvalue weighted by molar-refractivity contribution is -0.387. The molecule has 1 heterocycles. The Morgan fingerprint density at radius 2 is 1.57 bits per heavy atom. The van der Waals surface area contributed by atoms with Crippen molar-refractivity contribution in [2.24, 2.45) is 0 Å². The summed E-state index contributed by atoms with van der Waals surface area (Å²) in [4.78, 5) is 45.1. The first-order valence-electron chi connectivity index (χ1n) is 13.0. The number of amides is 1. The average molecular weight is 600 g/mol. The van der Waals surface area contributed by atoms with Crippen LogP contribution in [0, 0.1) is 21.4 Å². The number of benzene rings is 3. The van der Waals surface area contributed by atoms with E-state index in [1.165, 1.54) is 35.2 Å². The molecule has 0 radical (unpaired) electrons. The van der Waals surface area contributed by atoms with Crippen LogP contribution >= 0.6 is 0 Å². The molecule has 4 rings (SSSR count). The van der Waals surface area contributed by atoms with Gasteiger partial charge in [-0.3, -0.25) is 14.9 Å². The van der Waals surface area contributed by atoms with Gasteiger partial charge in [-0.15, -0.1) is 0 Å². The molecule has 0 atom stereocenters. The number of nitrogens with zero attached hydrogens (tertiary/aromatic N) is 5. The maximum Gasteiger partial charge on any atom is 0.392 e. The highest BCUT2D eigenvalue weighted by atomic mass is 16.6. The molecule has 0 aliphatic rings. The molecule has 14 nitrogen and oxygen atoms in total. The van der Waals surface area contributed by atoms with E-state index in [0.29, 0.717) is 11.3 Å². The summed E-state index contributed by atoms with van der Waals surface area (Å²) < 4.78 is 27.5. The number of aromatic nitrogens is 2. The summed E-state index contributed by atoms with van der Waals surface area (Å²) in [7, 11) is 3.17. The van der Waals surface area contributed by atoms with E-state index in [1.807, 2.05) is 6.07 Å². The van der Waals surface area contributed by atoms with Crippen LogP contribution in [0.15, 0.2) is 72.8 Å². The molecule has 0 aliphatic heterocycles. The second-order valence-corrected chi connectivity index (χ2v) is 8.97. The standard InChI is InChI=1S/C30H25N5O9/c1-4-40-25(36)18-41-27-26(35(38)39)28(33-30(32-27)44-22-12-8-9-20(15-22)29(37)34(2)3)43-24-14-19(17-31)13-23(16-24)42-21-10-6-5-7-11-21/h5-16H,4,18H2,1-3H3. The fraction of sp³-hybridized carbons (Fsp3) is 0.167. The Morgan fingerprint density at radius 3 is 2.23 bits per heavy atom. The van der Waals surface area contributed by atoms with Gasteiger partial charge in [0.05, 0.1) is 23.2 Å². The molecule has 3 aromatic carbocycles. The number of hydrogen-bond acceptors (Lipinski definition) is 12. The fourth-order valence-corrected chi connectivity index (χ4v) is 3.65. The van der Waals surface area contributed by atoms with E-state index in [-0.39, 0.29) is 35.3 Å². The fourth-order valence-electron chi connectivity index (χ4n) is 3.65. The Kier molecular flexibility index (Phi) is 9.84. The number of hydrogen-bond donors (Lipinski definition) is 0. The summed E-state index contributed by atoms with van der Waals surface area (Å²) >= 11 is 0. The van der Waals surface area contributed by atoms with Gasteiger partial charge in [0, 0.05) is 25.7 Å². The summed E-state index contributed by atoms with van der Waals surface area (Å²) in [5.74, 6) is -1.61. The molecule has 224 valence electrons. The summed E-state index contributed by atoms with van der Waals surface area (Å²) in [5, 5.41) is 21.7. The molecule has 0 spiro atoms. The number of carbonyl (C=O) groups is 2. The van der Waals surface area contributed by atoms with E-state index in [0.717, 1.165) is 0 Å². The van der Waals surface area contributed by atoms with Crippen LogP contribution in [0.2, 0.25) is 0 Å². The molecule has 0 saturated carbocycles. The maximum atomic E-state index is 12.4. The molecule has 4 aromatic rings. The van der Waals surface area contributed by atoms with Crippen molar-refractivity contribution in [3.8, 4) is 46.8 Å². The minimum atomic E-state index is -0.856. The zero-order valence-corrected chi connectivity index (χ0v) is 23.8. The van der Waals surface area contributed by atoms with Crippen molar-refractivity contribution in [2.75, 3.05) is 27.3 Å². The number of rotatable bonds is 12. The number of nitro groups is 1. The lowest BCUT2D eigenvalue weighted by Crippen LogP contribution is -2.21. The molecule has 0 unspecified atom stereocenters. The summed E-state index contributed by atoms with van der Waals surface area (Å²) in [5.41, 5.74) is -0.405. The van der Waals surface area contributed by atoms with Crippen LogP contribution in [0.4, 0.5) is 5.69 Å². The van der Waals surface area contributed by atoms with Crippen molar-refractivity contribution in [1.82, 2.24) is 14.9 Å². The monoisotopic (exact) mass is 599 g/mol. The predicted molar refractivity (Wildman–Crippen MR) is 153 cm³/mol. The summed E-state index contributed by atoms with van der Waals surface area (Å²) in [6, 6.07) is 20.5. The molecule has 14 heteroatoms. The van der Waals surface area contributed by atoms with Crippen LogP contribution in [-0.4, -0.2) is 59.0 Å². The van der Waals surface area contributed by atoms with Crippen LogP contribution in [-0.2, 0) is 9.53 Å². The lowest BCUT2D eigenvalue weighted by atomic mass is 10.2. The molecule has 44 heavy (non-hydrogen) atoms. The number of ether oxygens (including phenoxy) is 5. The van der Waals surface area contributed by atoms with Gasteiger partial charge in [-0.1, -0.05) is 24.3 Å². The van der Waals surface area contributed by atoms with Crippen LogP contribution in [0.3, 0.4) is 0 Å². The Hall–Kier alpha value is -6.23. The minimum absolute atomic E-state index is 0.0438. The third-order valence-corrected chi connectivity index (χ3v) is 5.51. The first-order valence-corrected chi connectivity index (χ1v) is 13.0. The van der Waals surface area contributed by atoms with E-state index in [1.54, 1.807) is 63.5 Å². The highest BCUT2D eigenvalue weighted by Gasteiger charge is 2.30. The Balaban J connectivity index is 1.76. The zero-order valence-electron chi connectivity index (χ0n) is 23.8. The Morgan fingerprint density at radius 1 is 0.886 bits per heavy atom. The quantitative estimate of drug-likeness (QED) is 0.117. The predicted octanol–water partition coefficient (Wildman–Crippen LogP) is 5.28. The smallest absolute Gasteiger partial charge is 0.392 e. The summed E-state index contributed by atoms with van der Waals surface area (Å²) in [6.07, 6.45) is 0. The number of nitriles is 1. The van der Waals surface area contributed by atoms with E-state index in [9.17, 15) is 25.0 Å². The van der Waals surface area contributed by atoms with Gasteiger partial charge in [0.2, 0.25) is 0 Å². The molecule has 1 amide bonds. The van der Waals surface area contributed by atoms with Crippen LogP contribution in [0.1, 0.15) is 22.8 Å². The van der Waals surface area contributed by atoms with Gasteiger partial charge in [0.1, 0.15) is 23.0 Å². The minimum Gasteiger partial charge on any atom is -0.463 e. The molecule has 0 bridgehead atoms. The molecule has 1 aromatic heterocycles. The van der Waals surface area contributed by atoms with Gasteiger partial charge in [-0.2, -0.15) is 15.2 Å². The third kappa shape index (κ3) is 7.95. The molecule has 0 aliphatic carbocycles. The molecular formula is C30H25N5O9. The second-order valence-electron chi connectivity index (χ2n) is 8.97. The van der Waals surface area contributed by atoms with E-state index < -0.39 is 41.0 Å². The molecule has 0 N–H and O–H groups in total. The van der Waals surface area contributed by atoms with Gasteiger partial charge < -0.3 is 28.6 Å². The molecule has 0 fully saturated rings. The largest absolute Gasteiger partial charge is 0.463 e. The van der Waals surface area contributed by atoms with Crippen molar-refractivity contribution in [3.05, 3.63) is 94.0 Å². The van der Waals surface area contributed by atoms with Crippen molar-refractivity contribution >= 4 is 17.6 Å². The highest BCUT2D eigenvalue weighted by Crippen LogP contribution is 2.40. The van der Waals surface area contributed by atoms with Gasteiger partial charge in [0.25, 0.3) is 5.91 Å². The van der Waals surface area contributed by atoms with Crippen molar-refractivity contribution < 1.29 is 38.2 Å². The van der Waals surface area contributed by atoms with Crippen molar-refractivity contribution in [1.29, 1.82) is 5.26 Å².